The zero-order valence-electron chi connectivity index (χ0n) is 12.3. The number of hydrogen-bond acceptors (Lipinski definition) is 2. The fourth-order valence-corrected chi connectivity index (χ4v) is 2.29. The Morgan fingerprint density at radius 3 is 2.37 bits per heavy atom. The minimum Gasteiger partial charge on any atom is -0.481 e. The number of hydrogen-bond donors (Lipinski definition) is 3. The third-order valence-electron chi connectivity index (χ3n) is 4.20. The summed E-state index contributed by atoms with van der Waals surface area (Å²) in [6, 6.07) is -0.0554. The third-order valence-corrected chi connectivity index (χ3v) is 4.20. The summed E-state index contributed by atoms with van der Waals surface area (Å²) in [5, 5.41) is 14.6. The predicted molar refractivity (Wildman–Crippen MR) is 73.9 cm³/mol. The topological polar surface area (TPSA) is 78.4 Å². The van der Waals surface area contributed by atoms with E-state index in [1.54, 1.807) is 13.8 Å². The monoisotopic (exact) mass is 270 g/mol. The zero-order valence-corrected chi connectivity index (χ0v) is 12.3. The number of nitrogens with one attached hydrogen (secondary N) is 2. The van der Waals surface area contributed by atoms with E-state index in [-0.39, 0.29) is 18.6 Å². The number of carboxylic acids is 1. The van der Waals surface area contributed by atoms with Crippen molar-refractivity contribution in [2.75, 3.05) is 6.54 Å². The van der Waals surface area contributed by atoms with Crippen LogP contribution in [0.1, 0.15) is 47.0 Å². The first-order valence-corrected chi connectivity index (χ1v) is 7.00. The zero-order chi connectivity index (χ0) is 14.6. The Labute approximate surface area is 115 Å². The van der Waals surface area contributed by atoms with E-state index >= 15 is 0 Å². The molecule has 5 heteroatoms. The molecule has 3 unspecified atom stereocenters. The van der Waals surface area contributed by atoms with Crippen LogP contribution in [-0.2, 0) is 4.79 Å². The molecule has 1 fully saturated rings. The average Bonchev–Trinajstić information content (AvgIpc) is 2.31. The highest BCUT2D eigenvalue weighted by molar-refractivity contribution is 5.77. The first-order valence-electron chi connectivity index (χ1n) is 7.00. The van der Waals surface area contributed by atoms with E-state index in [1.165, 1.54) is 0 Å². The Morgan fingerprint density at radius 2 is 1.84 bits per heavy atom. The summed E-state index contributed by atoms with van der Waals surface area (Å²) in [5.74, 6) is 0.425. The molecule has 0 spiro atoms. The number of carbonyl (C=O) groups excluding carboxylic acids is 1. The van der Waals surface area contributed by atoms with E-state index in [1.807, 2.05) is 0 Å². The molecule has 0 aliphatic heterocycles. The molecule has 0 aromatic heterocycles. The second kappa shape index (κ2) is 6.26. The maximum Gasteiger partial charge on any atom is 0.315 e. The van der Waals surface area contributed by atoms with Crippen molar-refractivity contribution < 1.29 is 14.7 Å². The van der Waals surface area contributed by atoms with E-state index < -0.39 is 11.4 Å². The van der Waals surface area contributed by atoms with Crippen molar-refractivity contribution in [3.05, 3.63) is 0 Å². The summed E-state index contributed by atoms with van der Waals surface area (Å²) in [5.41, 5.74) is -0.939. The number of rotatable bonds is 4. The van der Waals surface area contributed by atoms with Crippen LogP contribution >= 0.6 is 0 Å². The summed E-state index contributed by atoms with van der Waals surface area (Å²) >= 11 is 0. The van der Waals surface area contributed by atoms with Crippen molar-refractivity contribution in [1.29, 1.82) is 0 Å². The van der Waals surface area contributed by atoms with E-state index in [0.717, 1.165) is 19.3 Å². The molecule has 1 aliphatic carbocycles. The van der Waals surface area contributed by atoms with Gasteiger partial charge < -0.3 is 15.7 Å². The van der Waals surface area contributed by atoms with Gasteiger partial charge in [0, 0.05) is 12.6 Å². The second-order valence-corrected chi connectivity index (χ2v) is 6.48. The molecule has 3 N–H and O–H groups in total. The molecule has 0 aromatic carbocycles. The standard InChI is InChI=1S/C14H26N2O3/c1-9-5-6-11(7-10(9)2)16-13(19)15-8-14(3,4)12(17)18/h9-11H,5-8H2,1-4H3,(H,17,18)(H2,15,16,19). The number of carbonyl (C=O) groups is 2. The fourth-order valence-electron chi connectivity index (χ4n) is 2.29. The molecule has 1 aliphatic rings. The highest BCUT2D eigenvalue weighted by Gasteiger charge is 2.29. The van der Waals surface area contributed by atoms with Crippen molar-refractivity contribution in [2.24, 2.45) is 17.3 Å². The van der Waals surface area contributed by atoms with Crippen LogP contribution in [0, 0.1) is 17.3 Å². The van der Waals surface area contributed by atoms with Crippen molar-refractivity contribution in [3.63, 3.8) is 0 Å². The van der Waals surface area contributed by atoms with Crippen molar-refractivity contribution in [2.45, 2.75) is 53.0 Å². The molecule has 0 heterocycles. The highest BCUT2D eigenvalue weighted by atomic mass is 16.4. The molecule has 0 radical (unpaired) electrons. The number of amides is 2. The summed E-state index contributed by atoms with van der Waals surface area (Å²) in [4.78, 5) is 22.7. The molecular weight excluding hydrogens is 244 g/mol. The van der Waals surface area contributed by atoms with Gasteiger partial charge in [0.15, 0.2) is 0 Å². The van der Waals surface area contributed by atoms with Crippen LogP contribution in [0.5, 0.6) is 0 Å². The molecule has 3 atom stereocenters. The molecule has 2 amide bonds. The molecule has 1 rings (SSSR count). The second-order valence-electron chi connectivity index (χ2n) is 6.48. The fraction of sp³-hybridized carbons (Fsp3) is 0.857. The lowest BCUT2D eigenvalue weighted by Crippen LogP contribution is -2.48. The molecule has 0 saturated heterocycles. The first kappa shape index (κ1) is 15.8. The number of urea groups is 1. The van der Waals surface area contributed by atoms with E-state index in [0.29, 0.717) is 11.8 Å². The lowest BCUT2D eigenvalue weighted by Gasteiger charge is -2.32. The van der Waals surface area contributed by atoms with Crippen LogP contribution in [0.3, 0.4) is 0 Å². The van der Waals surface area contributed by atoms with Crippen LogP contribution in [0.2, 0.25) is 0 Å². The van der Waals surface area contributed by atoms with E-state index in [2.05, 4.69) is 24.5 Å². The van der Waals surface area contributed by atoms with Gasteiger partial charge in [-0.2, -0.15) is 0 Å². The smallest absolute Gasteiger partial charge is 0.315 e. The summed E-state index contributed by atoms with van der Waals surface area (Å²) in [6.07, 6.45) is 3.13. The molecule has 5 nitrogen and oxygen atoms in total. The maximum atomic E-state index is 11.8. The largest absolute Gasteiger partial charge is 0.481 e. The van der Waals surface area contributed by atoms with Crippen molar-refractivity contribution >= 4 is 12.0 Å². The quantitative estimate of drug-likeness (QED) is 0.733. The molecule has 0 bridgehead atoms. The van der Waals surface area contributed by atoms with Gasteiger partial charge in [0.2, 0.25) is 0 Å². The van der Waals surface area contributed by atoms with Gasteiger partial charge in [-0.25, -0.2) is 4.79 Å². The molecule has 1 saturated carbocycles. The van der Waals surface area contributed by atoms with Crippen LogP contribution in [-0.4, -0.2) is 29.7 Å². The SMILES string of the molecule is CC1CCC(NC(=O)NCC(C)(C)C(=O)O)CC1C. The minimum absolute atomic E-state index is 0.132. The molecule has 110 valence electrons. The number of carboxylic acid groups (broad SMARTS) is 1. The van der Waals surface area contributed by atoms with Gasteiger partial charge in [0.05, 0.1) is 5.41 Å². The lowest BCUT2D eigenvalue weighted by atomic mass is 9.79. The van der Waals surface area contributed by atoms with Gasteiger partial charge in [0.1, 0.15) is 0 Å². The Kier molecular flexibility index (Phi) is 5.20. The Hall–Kier alpha value is -1.26. The van der Waals surface area contributed by atoms with E-state index in [9.17, 15) is 9.59 Å². The summed E-state index contributed by atoms with van der Waals surface area (Å²) in [6.45, 7) is 7.78. The third kappa shape index (κ3) is 4.73. The van der Waals surface area contributed by atoms with Crippen LogP contribution in [0.25, 0.3) is 0 Å². The maximum absolute atomic E-state index is 11.8. The van der Waals surface area contributed by atoms with Gasteiger partial charge in [-0.1, -0.05) is 13.8 Å². The van der Waals surface area contributed by atoms with Gasteiger partial charge >= 0.3 is 12.0 Å². The van der Waals surface area contributed by atoms with Gasteiger partial charge in [0.25, 0.3) is 0 Å². The normalized spacial score (nSPS) is 27.7. The van der Waals surface area contributed by atoms with Crippen molar-refractivity contribution in [1.82, 2.24) is 10.6 Å². The molecule has 0 aromatic rings. The van der Waals surface area contributed by atoms with Crippen LogP contribution < -0.4 is 10.6 Å². The molecular formula is C14H26N2O3. The van der Waals surface area contributed by atoms with Crippen molar-refractivity contribution in [3.8, 4) is 0 Å². The Bertz CT molecular complexity index is 342. The first-order chi connectivity index (χ1) is 8.72. The molecule has 19 heavy (non-hydrogen) atoms. The summed E-state index contributed by atoms with van der Waals surface area (Å²) in [7, 11) is 0. The Morgan fingerprint density at radius 1 is 1.21 bits per heavy atom. The lowest BCUT2D eigenvalue weighted by molar-refractivity contribution is -0.146. The predicted octanol–water partition coefficient (Wildman–Crippen LogP) is 2.22. The van der Waals surface area contributed by atoms with Gasteiger partial charge in [-0.15, -0.1) is 0 Å². The van der Waals surface area contributed by atoms with E-state index in [4.69, 9.17) is 5.11 Å². The Balaban J connectivity index is 2.34. The van der Waals surface area contributed by atoms with Gasteiger partial charge in [-0.3, -0.25) is 4.79 Å². The minimum atomic E-state index is -0.939. The average molecular weight is 270 g/mol. The van der Waals surface area contributed by atoms with Gasteiger partial charge in [-0.05, 0) is 44.9 Å². The highest BCUT2D eigenvalue weighted by Crippen LogP contribution is 2.29. The van der Waals surface area contributed by atoms with Crippen LogP contribution in [0.15, 0.2) is 0 Å². The van der Waals surface area contributed by atoms with Crippen LogP contribution in [0.4, 0.5) is 4.79 Å². The summed E-state index contributed by atoms with van der Waals surface area (Å²) < 4.78 is 0. The number of aliphatic carboxylic acids is 1.